The molecule has 1 aromatic rings. The first kappa shape index (κ1) is 12.1. The van der Waals surface area contributed by atoms with Crippen molar-refractivity contribution in [1.82, 2.24) is 9.88 Å². The van der Waals surface area contributed by atoms with Gasteiger partial charge in [0.05, 0.1) is 0 Å². The number of hydrogen-bond donors (Lipinski definition) is 0. The van der Waals surface area contributed by atoms with Crippen LogP contribution in [0.1, 0.15) is 36.7 Å². The van der Waals surface area contributed by atoms with Crippen LogP contribution in [0.15, 0.2) is 5.38 Å². The third-order valence-electron chi connectivity index (χ3n) is 3.94. The highest BCUT2D eigenvalue weighted by molar-refractivity contribution is 7.13. The van der Waals surface area contributed by atoms with Crippen molar-refractivity contribution in [1.29, 1.82) is 0 Å². The van der Waals surface area contributed by atoms with Crippen LogP contribution in [-0.4, -0.2) is 47.9 Å². The summed E-state index contributed by atoms with van der Waals surface area (Å²) in [6.45, 7) is 6.25. The van der Waals surface area contributed by atoms with Crippen molar-refractivity contribution in [3.8, 4) is 0 Å². The molecule has 0 amide bonds. The lowest BCUT2D eigenvalue weighted by atomic mass is 10.2. The SMILES string of the molecule is CC(=O)c1csc(N2CCC(N3CCCC3)C2)n1. The zero-order valence-electron chi connectivity index (χ0n) is 10.8. The Balaban J connectivity index is 1.65. The molecule has 1 aromatic heterocycles. The van der Waals surface area contributed by atoms with Gasteiger partial charge in [0, 0.05) is 31.4 Å². The molecule has 2 aliphatic rings. The molecule has 4 nitrogen and oxygen atoms in total. The predicted molar refractivity (Wildman–Crippen MR) is 73.5 cm³/mol. The van der Waals surface area contributed by atoms with Gasteiger partial charge in [-0.25, -0.2) is 4.98 Å². The molecule has 0 aromatic carbocycles. The first-order chi connectivity index (χ1) is 8.74. The second-order valence-corrected chi connectivity index (χ2v) is 6.04. The Bertz CT molecular complexity index is 439. The van der Waals surface area contributed by atoms with E-state index in [1.165, 1.54) is 32.4 Å². The van der Waals surface area contributed by atoms with Crippen LogP contribution >= 0.6 is 11.3 Å². The fraction of sp³-hybridized carbons (Fsp3) is 0.692. The fourth-order valence-corrected chi connectivity index (χ4v) is 3.79. The number of carbonyl (C=O) groups is 1. The summed E-state index contributed by atoms with van der Waals surface area (Å²) in [6.07, 6.45) is 3.93. The number of aromatic nitrogens is 1. The number of rotatable bonds is 3. The van der Waals surface area contributed by atoms with E-state index in [9.17, 15) is 4.79 Å². The molecule has 0 radical (unpaired) electrons. The van der Waals surface area contributed by atoms with Crippen LogP contribution in [-0.2, 0) is 0 Å². The molecular weight excluding hydrogens is 246 g/mol. The molecule has 0 bridgehead atoms. The Kier molecular flexibility index (Phi) is 3.35. The molecule has 0 spiro atoms. The van der Waals surface area contributed by atoms with E-state index in [2.05, 4.69) is 14.8 Å². The van der Waals surface area contributed by atoms with Gasteiger partial charge in [0.15, 0.2) is 10.9 Å². The summed E-state index contributed by atoms with van der Waals surface area (Å²) in [5.74, 6) is 0.0628. The maximum atomic E-state index is 11.3. The normalized spacial score (nSPS) is 24.9. The van der Waals surface area contributed by atoms with Gasteiger partial charge in [-0.15, -0.1) is 11.3 Å². The van der Waals surface area contributed by atoms with Crippen molar-refractivity contribution in [3.05, 3.63) is 11.1 Å². The Morgan fingerprint density at radius 1 is 1.39 bits per heavy atom. The Hall–Kier alpha value is -0.940. The topological polar surface area (TPSA) is 36.4 Å². The minimum Gasteiger partial charge on any atom is -0.346 e. The monoisotopic (exact) mass is 265 g/mol. The number of thiazole rings is 1. The van der Waals surface area contributed by atoms with E-state index in [1.54, 1.807) is 18.3 Å². The molecule has 2 saturated heterocycles. The average molecular weight is 265 g/mol. The summed E-state index contributed by atoms with van der Waals surface area (Å²) < 4.78 is 0. The predicted octanol–water partition coefficient (Wildman–Crippen LogP) is 2.02. The van der Waals surface area contributed by atoms with Crippen LogP contribution in [0, 0.1) is 0 Å². The quantitative estimate of drug-likeness (QED) is 0.784. The second-order valence-electron chi connectivity index (χ2n) is 5.20. The van der Waals surface area contributed by atoms with Crippen LogP contribution in [0.3, 0.4) is 0 Å². The number of Topliss-reactive ketones (excluding diaryl/α,β-unsaturated/α-hetero) is 1. The fourth-order valence-electron chi connectivity index (χ4n) is 2.89. The first-order valence-electron chi connectivity index (χ1n) is 6.69. The van der Waals surface area contributed by atoms with Crippen LogP contribution in [0.2, 0.25) is 0 Å². The minimum atomic E-state index is 0.0628. The molecule has 3 rings (SSSR count). The van der Waals surface area contributed by atoms with Crippen LogP contribution < -0.4 is 4.90 Å². The van der Waals surface area contributed by atoms with E-state index < -0.39 is 0 Å². The van der Waals surface area contributed by atoms with E-state index in [0.29, 0.717) is 11.7 Å². The zero-order valence-corrected chi connectivity index (χ0v) is 11.6. The Labute approximate surface area is 112 Å². The van der Waals surface area contributed by atoms with Crippen LogP contribution in [0.25, 0.3) is 0 Å². The van der Waals surface area contributed by atoms with Crippen LogP contribution in [0.4, 0.5) is 5.13 Å². The van der Waals surface area contributed by atoms with Gasteiger partial charge in [0.1, 0.15) is 5.69 Å². The molecule has 1 unspecified atom stereocenters. The summed E-state index contributed by atoms with van der Waals surface area (Å²) in [7, 11) is 0. The number of carbonyl (C=O) groups excluding carboxylic acids is 1. The average Bonchev–Trinajstić information content (AvgIpc) is 3.10. The highest BCUT2D eigenvalue weighted by atomic mass is 32.1. The summed E-state index contributed by atoms with van der Waals surface area (Å²) in [4.78, 5) is 20.6. The summed E-state index contributed by atoms with van der Waals surface area (Å²) in [6, 6.07) is 0.692. The molecule has 3 heterocycles. The first-order valence-corrected chi connectivity index (χ1v) is 7.57. The maximum Gasteiger partial charge on any atom is 0.186 e. The van der Waals surface area contributed by atoms with Gasteiger partial charge < -0.3 is 4.90 Å². The summed E-state index contributed by atoms with van der Waals surface area (Å²) >= 11 is 1.60. The number of anilines is 1. The highest BCUT2D eigenvalue weighted by Gasteiger charge is 2.30. The molecule has 0 aliphatic carbocycles. The Morgan fingerprint density at radius 3 is 2.83 bits per heavy atom. The molecule has 0 saturated carbocycles. The van der Waals surface area contributed by atoms with Crippen molar-refractivity contribution in [2.45, 2.75) is 32.2 Å². The molecule has 98 valence electrons. The van der Waals surface area contributed by atoms with Crippen molar-refractivity contribution >= 4 is 22.3 Å². The van der Waals surface area contributed by atoms with E-state index in [1.807, 2.05) is 5.38 Å². The molecule has 0 N–H and O–H groups in total. The van der Waals surface area contributed by atoms with E-state index in [4.69, 9.17) is 0 Å². The standard InChI is InChI=1S/C13H19N3OS/c1-10(17)12-9-18-13(14-12)16-7-4-11(8-16)15-5-2-3-6-15/h9,11H,2-8H2,1H3. The number of hydrogen-bond acceptors (Lipinski definition) is 5. The Morgan fingerprint density at radius 2 is 2.17 bits per heavy atom. The van der Waals surface area contributed by atoms with E-state index in [-0.39, 0.29) is 5.78 Å². The van der Waals surface area contributed by atoms with Gasteiger partial charge in [-0.3, -0.25) is 9.69 Å². The van der Waals surface area contributed by atoms with Crippen molar-refractivity contribution in [2.24, 2.45) is 0 Å². The van der Waals surface area contributed by atoms with Gasteiger partial charge in [-0.2, -0.15) is 0 Å². The van der Waals surface area contributed by atoms with E-state index >= 15 is 0 Å². The number of nitrogens with zero attached hydrogens (tertiary/aromatic N) is 3. The van der Waals surface area contributed by atoms with Gasteiger partial charge in [-0.1, -0.05) is 0 Å². The molecule has 2 aliphatic heterocycles. The third-order valence-corrected chi connectivity index (χ3v) is 4.85. The van der Waals surface area contributed by atoms with Gasteiger partial charge in [0.25, 0.3) is 0 Å². The third kappa shape index (κ3) is 2.29. The van der Waals surface area contributed by atoms with Gasteiger partial charge in [0.2, 0.25) is 0 Å². The van der Waals surface area contributed by atoms with Crippen molar-refractivity contribution in [2.75, 3.05) is 31.1 Å². The van der Waals surface area contributed by atoms with Crippen molar-refractivity contribution in [3.63, 3.8) is 0 Å². The molecular formula is C13H19N3OS. The smallest absolute Gasteiger partial charge is 0.186 e. The minimum absolute atomic E-state index is 0.0628. The van der Waals surface area contributed by atoms with Crippen molar-refractivity contribution < 1.29 is 4.79 Å². The summed E-state index contributed by atoms with van der Waals surface area (Å²) in [5.41, 5.74) is 0.611. The largest absolute Gasteiger partial charge is 0.346 e. The van der Waals surface area contributed by atoms with Gasteiger partial charge >= 0.3 is 0 Å². The number of likely N-dealkylation sites (tertiary alicyclic amines) is 1. The lowest BCUT2D eigenvalue weighted by molar-refractivity contribution is 0.101. The lowest BCUT2D eigenvalue weighted by Crippen LogP contribution is -2.35. The lowest BCUT2D eigenvalue weighted by Gasteiger charge is -2.23. The molecule has 18 heavy (non-hydrogen) atoms. The maximum absolute atomic E-state index is 11.3. The molecule has 5 heteroatoms. The van der Waals surface area contributed by atoms with E-state index in [0.717, 1.165) is 18.2 Å². The highest BCUT2D eigenvalue weighted by Crippen LogP contribution is 2.27. The second kappa shape index (κ2) is 4.97. The van der Waals surface area contributed by atoms with Gasteiger partial charge in [-0.05, 0) is 32.4 Å². The summed E-state index contributed by atoms with van der Waals surface area (Å²) in [5, 5.41) is 2.89. The zero-order chi connectivity index (χ0) is 12.5. The molecule has 1 atom stereocenters. The number of ketones is 1. The molecule has 2 fully saturated rings. The van der Waals surface area contributed by atoms with Crippen LogP contribution in [0.5, 0.6) is 0 Å².